The van der Waals surface area contributed by atoms with E-state index in [4.69, 9.17) is 0 Å². The summed E-state index contributed by atoms with van der Waals surface area (Å²) in [6.07, 6.45) is 0. The molecular formula is C58H40N2. The highest BCUT2D eigenvalue weighted by Crippen LogP contribution is 2.45. The van der Waals surface area contributed by atoms with Crippen LogP contribution in [0.2, 0.25) is 0 Å². The van der Waals surface area contributed by atoms with E-state index in [2.05, 4.69) is 252 Å². The Balaban J connectivity index is 1.11. The van der Waals surface area contributed by atoms with Gasteiger partial charge in [0.15, 0.2) is 0 Å². The van der Waals surface area contributed by atoms with Crippen molar-refractivity contribution in [3.05, 3.63) is 243 Å². The Labute approximate surface area is 350 Å². The quantitative estimate of drug-likeness (QED) is 0.150. The van der Waals surface area contributed by atoms with Crippen LogP contribution in [-0.2, 0) is 0 Å². The van der Waals surface area contributed by atoms with Crippen LogP contribution in [0.3, 0.4) is 0 Å². The first-order valence-corrected chi connectivity index (χ1v) is 20.6. The molecule has 60 heavy (non-hydrogen) atoms. The van der Waals surface area contributed by atoms with Gasteiger partial charge in [-0.25, -0.2) is 0 Å². The zero-order chi connectivity index (χ0) is 39.8. The number of nitrogens with zero attached hydrogens (tertiary/aromatic N) is 2. The molecule has 0 fully saturated rings. The summed E-state index contributed by atoms with van der Waals surface area (Å²) in [4.78, 5) is 2.43. The number of anilines is 3. The molecule has 0 bridgehead atoms. The van der Waals surface area contributed by atoms with Crippen molar-refractivity contribution < 1.29 is 0 Å². The molecule has 0 N–H and O–H groups in total. The van der Waals surface area contributed by atoms with Gasteiger partial charge in [-0.3, -0.25) is 0 Å². The minimum Gasteiger partial charge on any atom is -0.310 e. The normalized spacial score (nSPS) is 11.3. The van der Waals surface area contributed by atoms with Crippen LogP contribution < -0.4 is 4.90 Å². The molecule has 0 amide bonds. The average Bonchev–Trinajstić information content (AvgIpc) is 3.67. The second-order valence-corrected chi connectivity index (χ2v) is 15.3. The summed E-state index contributed by atoms with van der Waals surface area (Å²) < 4.78 is 2.40. The lowest BCUT2D eigenvalue weighted by atomic mass is 9.92. The highest BCUT2D eigenvalue weighted by atomic mass is 15.1. The number of rotatable bonds is 8. The molecule has 11 aromatic rings. The maximum Gasteiger partial charge on any atom is 0.0541 e. The van der Waals surface area contributed by atoms with Crippen LogP contribution >= 0.6 is 0 Å². The Bertz CT molecular complexity index is 3240. The van der Waals surface area contributed by atoms with E-state index in [0.717, 1.165) is 28.3 Å². The monoisotopic (exact) mass is 764 g/mol. The smallest absolute Gasteiger partial charge is 0.0541 e. The zero-order valence-electron chi connectivity index (χ0n) is 33.0. The zero-order valence-corrected chi connectivity index (χ0v) is 33.0. The Morgan fingerprint density at radius 2 is 0.750 bits per heavy atom. The highest BCUT2D eigenvalue weighted by Gasteiger charge is 2.20. The first-order chi connectivity index (χ1) is 29.8. The van der Waals surface area contributed by atoms with Crippen LogP contribution in [0, 0.1) is 0 Å². The molecule has 10 aromatic carbocycles. The van der Waals surface area contributed by atoms with E-state index in [1.165, 1.54) is 71.5 Å². The van der Waals surface area contributed by atoms with Crippen LogP contribution in [0.25, 0.3) is 82.8 Å². The SMILES string of the molecule is c1ccc(-c2ccc(N(c3ccc(-c4cccc(-n5c6ccccc6c6ccccc65)c4)c(-c4ccccc4)c3)c3ccc(-c4ccccc4)c4ccccc34)cc2)cc1. The Hall–Kier alpha value is -7.94. The van der Waals surface area contributed by atoms with Crippen LogP contribution in [0.15, 0.2) is 243 Å². The maximum atomic E-state index is 2.43. The Kier molecular flexibility index (Phi) is 8.87. The first kappa shape index (κ1) is 35.2. The van der Waals surface area contributed by atoms with Gasteiger partial charge in [-0.15, -0.1) is 0 Å². The third-order valence-corrected chi connectivity index (χ3v) is 11.8. The molecule has 11 rings (SSSR count). The van der Waals surface area contributed by atoms with Crippen molar-refractivity contribution in [3.8, 4) is 50.2 Å². The summed E-state index contributed by atoms with van der Waals surface area (Å²) in [6.45, 7) is 0. The van der Waals surface area contributed by atoms with E-state index < -0.39 is 0 Å². The predicted molar refractivity (Wildman–Crippen MR) is 255 cm³/mol. The van der Waals surface area contributed by atoms with Crippen molar-refractivity contribution in [2.24, 2.45) is 0 Å². The molecule has 0 aliphatic carbocycles. The van der Waals surface area contributed by atoms with Gasteiger partial charge in [0, 0.05) is 33.2 Å². The summed E-state index contributed by atoms with van der Waals surface area (Å²) in [5.41, 5.74) is 16.3. The van der Waals surface area contributed by atoms with E-state index in [1.54, 1.807) is 0 Å². The fraction of sp³-hybridized carbons (Fsp3) is 0. The standard InChI is InChI=1S/C58H40N2/c1-4-17-41(18-5-1)42-31-33-46(34-32-42)59(58-38-37-49(43-19-6-2-7-20-43)51-25-10-11-26-52(51)58)48-35-36-50(55(40-48)44-21-8-3-9-22-44)45-23-16-24-47(39-45)60-56-29-14-12-27-53(56)54-28-13-15-30-57(54)60/h1-40H. The van der Waals surface area contributed by atoms with Crippen molar-refractivity contribution in [1.82, 2.24) is 4.57 Å². The van der Waals surface area contributed by atoms with E-state index >= 15 is 0 Å². The molecule has 0 saturated heterocycles. The first-order valence-electron chi connectivity index (χ1n) is 20.6. The molecule has 2 heteroatoms. The lowest BCUT2D eigenvalue weighted by Gasteiger charge is -2.29. The fourth-order valence-corrected chi connectivity index (χ4v) is 9.00. The minimum absolute atomic E-state index is 1.08. The van der Waals surface area contributed by atoms with Gasteiger partial charge in [-0.2, -0.15) is 0 Å². The van der Waals surface area contributed by atoms with Gasteiger partial charge in [0.1, 0.15) is 0 Å². The summed E-state index contributed by atoms with van der Waals surface area (Å²) in [5, 5.41) is 4.92. The molecule has 0 spiro atoms. The molecule has 282 valence electrons. The van der Waals surface area contributed by atoms with Crippen molar-refractivity contribution in [3.63, 3.8) is 0 Å². The number of aromatic nitrogens is 1. The van der Waals surface area contributed by atoms with E-state index in [9.17, 15) is 0 Å². The van der Waals surface area contributed by atoms with Gasteiger partial charge < -0.3 is 9.47 Å². The number of hydrogen-bond acceptors (Lipinski definition) is 1. The average molecular weight is 765 g/mol. The molecule has 0 atom stereocenters. The van der Waals surface area contributed by atoms with Gasteiger partial charge in [0.05, 0.1) is 16.7 Å². The lowest BCUT2D eigenvalue weighted by molar-refractivity contribution is 1.18. The van der Waals surface area contributed by atoms with Crippen molar-refractivity contribution >= 4 is 49.6 Å². The maximum absolute atomic E-state index is 2.43. The molecule has 1 heterocycles. The number of para-hydroxylation sites is 2. The van der Waals surface area contributed by atoms with Crippen LogP contribution in [-0.4, -0.2) is 4.57 Å². The molecule has 0 aliphatic heterocycles. The number of benzene rings is 10. The molecule has 0 saturated carbocycles. The second kappa shape index (κ2) is 15.1. The second-order valence-electron chi connectivity index (χ2n) is 15.3. The molecule has 0 unspecified atom stereocenters. The predicted octanol–water partition coefficient (Wildman–Crippen LogP) is 16.1. The van der Waals surface area contributed by atoms with Crippen molar-refractivity contribution in [2.75, 3.05) is 4.90 Å². The van der Waals surface area contributed by atoms with Crippen molar-refractivity contribution in [2.45, 2.75) is 0 Å². The topological polar surface area (TPSA) is 8.17 Å². The number of fused-ring (bicyclic) bond motifs is 4. The molecular weight excluding hydrogens is 725 g/mol. The Morgan fingerprint density at radius 3 is 1.40 bits per heavy atom. The van der Waals surface area contributed by atoms with Gasteiger partial charge >= 0.3 is 0 Å². The lowest BCUT2D eigenvalue weighted by Crippen LogP contribution is -2.11. The van der Waals surface area contributed by atoms with Crippen molar-refractivity contribution in [1.29, 1.82) is 0 Å². The van der Waals surface area contributed by atoms with Gasteiger partial charge in [0.25, 0.3) is 0 Å². The van der Waals surface area contributed by atoms with Gasteiger partial charge in [-0.1, -0.05) is 188 Å². The largest absolute Gasteiger partial charge is 0.310 e. The molecule has 0 radical (unpaired) electrons. The summed E-state index contributed by atoms with van der Waals surface area (Å²) in [5.74, 6) is 0. The highest BCUT2D eigenvalue weighted by molar-refractivity contribution is 6.10. The van der Waals surface area contributed by atoms with E-state index in [1.807, 2.05) is 0 Å². The van der Waals surface area contributed by atoms with Crippen LogP contribution in [0.5, 0.6) is 0 Å². The van der Waals surface area contributed by atoms with Gasteiger partial charge in [0.2, 0.25) is 0 Å². The molecule has 2 nitrogen and oxygen atoms in total. The van der Waals surface area contributed by atoms with Crippen LogP contribution in [0.1, 0.15) is 0 Å². The van der Waals surface area contributed by atoms with E-state index in [-0.39, 0.29) is 0 Å². The third-order valence-electron chi connectivity index (χ3n) is 11.8. The summed E-state index contributed by atoms with van der Waals surface area (Å²) in [7, 11) is 0. The Morgan fingerprint density at radius 1 is 0.267 bits per heavy atom. The van der Waals surface area contributed by atoms with Crippen LogP contribution in [0.4, 0.5) is 17.1 Å². The molecule has 1 aromatic heterocycles. The summed E-state index contributed by atoms with van der Waals surface area (Å²) >= 11 is 0. The number of hydrogen-bond donors (Lipinski definition) is 0. The summed E-state index contributed by atoms with van der Waals surface area (Å²) in [6, 6.07) is 87.9. The minimum atomic E-state index is 1.08. The van der Waals surface area contributed by atoms with Gasteiger partial charge in [-0.05, 0) is 104 Å². The van der Waals surface area contributed by atoms with E-state index in [0.29, 0.717) is 0 Å². The fourth-order valence-electron chi connectivity index (χ4n) is 9.00. The molecule has 0 aliphatic rings. The third kappa shape index (κ3) is 6.23.